The Morgan fingerprint density at radius 1 is 1.23 bits per heavy atom. The van der Waals surface area contributed by atoms with Gasteiger partial charge in [0.05, 0.1) is 6.20 Å². The molecule has 1 aromatic carbocycles. The van der Waals surface area contributed by atoms with Gasteiger partial charge in [-0.2, -0.15) is 0 Å². The van der Waals surface area contributed by atoms with E-state index in [1.807, 2.05) is 0 Å². The zero-order valence-corrected chi connectivity index (χ0v) is 20.9. The first-order valence-electron chi connectivity index (χ1n) is 11.7. The molecule has 0 saturated heterocycles. The Balaban J connectivity index is 1.59. The molecule has 4 N–H and O–H groups in total. The van der Waals surface area contributed by atoms with E-state index in [0.29, 0.717) is 42.4 Å². The van der Waals surface area contributed by atoms with Crippen LogP contribution in [-0.4, -0.2) is 39.5 Å². The monoisotopic (exact) mass is 482 g/mol. The number of hydrogen-bond acceptors (Lipinski definition) is 7. The minimum Gasteiger partial charge on any atom is -0.444 e. The molecule has 10 nitrogen and oxygen atoms in total. The van der Waals surface area contributed by atoms with Gasteiger partial charge in [0.1, 0.15) is 29.0 Å². The largest absolute Gasteiger partial charge is 0.444 e. The number of nitrogens with zero attached hydrogens (tertiary/aromatic N) is 2. The SMILES string of the molecule is CC(C)CNc1cnc2n(c1=O)C(C(=O)NCc1ccc(C(=N)NC(=O)OC(C)(C)C)cc1)CC2. The molecule has 0 aliphatic carbocycles. The second-order valence-corrected chi connectivity index (χ2v) is 10.0. The third-order valence-electron chi connectivity index (χ3n) is 5.36. The molecular formula is C25H34N6O4. The van der Waals surface area contributed by atoms with Crippen LogP contribution in [0.15, 0.2) is 35.3 Å². The summed E-state index contributed by atoms with van der Waals surface area (Å²) in [5.74, 6) is 0.670. The molecule has 35 heavy (non-hydrogen) atoms. The van der Waals surface area contributed by atoms with Crippen LogP contribution in [0.2, 0.25) is 0 Å². The van der Waals surface area contributed by atoms with Crippen molar-refractivity contribution in [1.82, 2.24) is 20.2 Å². The van der Waals surface area contributed by atoms with Gasteiger partial charge < -0.3 is 15.4 Å². The highest BCUT2D eigenvalue weighted by Gasteiger charge is 2.31. The Hall–Kier alpha value is -3.69. The van der Waals surface area contributed by atoms with Gasteiger partial charge in [0.2, 0.25) is 5.91 Å². The molecule has 3 rings (SSSR count). The molecule has 0 radical (unpaired) electrons. The van der Waals surface area contributed by atoms with Crippen LogP contribution in [0.5, 0.6) is 0 Å². The second-order valence-electron chi connectivity index (χ2n) is 10.0. The zero-order chi connectivity index (χ0) is 25.8. The summed E-state index contributed by atoms with van der Waals surface area (Å²) in [5, 5.41) is 16.5. The fraction of sp³-hybridized carbons (Fsp3) is 0.480. The molecule has 188 valence electrons. The summed E-state index contributed by atoms with van der Waals surface area (Å²) in [7, 11) is 0. The summed E-state index contributed by atoms with van der Waals surface area (Å²) in [6.45, 7) is 10.3. The quantitative estimate of drug-likeness (QED) is 0.354. The number of aryl methyl sites for hydroxylation is 1. The van der Waals surface area contributed by atoms with Gasteiger partial charge in [-0.1, -0.05) is 38.1 Å². The van der Waals surface area contributed by atoms with E-state index in [0.717, 1.165) is 5.56 Å². The average Bonchev–Trinajstić information content (AvgIpc) is 3.21. The lowest BCUT2D eigenvalue weighted by Crippen LogP contribution is -2.36. The van der Waals surface area contributed by atoms with Gasteiger partial charge in [0.15, 0.2) is 0 Å². The molecule has 1 aliphatic rings. The number of anilines is 1. The number of rotatable bonds is 7. The van der Waals surface area contributed by atoms with Crippen LogP contribution in [0, 0.1) is 11.3 Å². The van der Waals surface area contributed by atoms with Gasteiger partial charge >= 0.3 is 6.09 Å². The molecule has 2 aromatic rings. The van der Waals surface area contributed by atoms with Gasteiger partial charge in [0, 0.05) is 25.1 Å². The van der Waals surface area contributed by atoms with Crippen LogP contribution in [0.1, 0.15) is 64.0 Å². The topological polar surface area (TPSA) is 138 Å². The minimum absolute atomic E-state index is 0.0776. The Kier molecular flexibility index (Phi) is 7.93. The molecule has 10 heteroatoms. The van der Waals surface area contributed by atoms with Crippen molar-refractivity contribution in [2.45, 2.75) is 65.6 Å². The lowest BCUT2D eigenvalue weighted by Gasteiger charge is -2.19. The van der Waals surface area contributed by atoms with Crippen LogP contribution < -0.4 is 21.5 Å². The Morgan fingerprint density at radius 2 is 1.91 bits per heavy atom. The maximum absolute atomic E-state index is 12.9. The predicted molar refractivity (Wildman–Crippen MR) is 134 cm³/mol. The fourth-order valence-electron chi connectivity index (χ4n) is 3.66. The normalized spacial score (nSPS) is 14.9. The Bertz CT molecular complexity index is 1150. The van der Waals surface area contributed by atoms with Crippen molar-refractivity contribution in [3.05, 3.63) is 57.8 Å². The lowest BCUT2D eigenvalue weighted by atomic mass is 10.1. The summed E-state index contributed by atoms with van der Waals surface area (Å²) < 4.78 is 6.65. The number of amidine groups is 1. The van der Waals surface area contributed by atoms with Crippen molar-refractivity contribution in [2.75, 3.05) is 11.9 Å². The number of aromatic nitrogens is 2. The first-order valence-corrected chi connectivity index (χ1v) is 11.7. The molecule has 0 spiro atoms. The number of carbonyl (C=O) groups excluding carboxylic acids is 2. The molecule has 1 unspecified atom stereocenters. The number of hydrogen-bond donors (Lipinski definition) is 4. The first kappa shape index (κ1) is 25.9. The molecule has 0 bridgehead atoms. The molecule has 2 heterocycles. The molecule has 1 aliphatic heterocycles. The van der Waals surface area contributed by atoms with Crippen LogP contribution >= 0.6 is 0 Å². The number of amides is 2. The maximum Gasteiger partial charge on any atom is 0.413 e. The van der Waals surface area contributed by atoms with Gasteiger partial charge in [-0.3, -0.25) is 24.9 Å². The number of fused-ring (bicyclic) bond motifs is 1. The van der Waals surface area contributed by atoms with E-state index in [2.05, 4.69) is 34.8 Å². The van der Waals surface area contributed by atoms with E-state index < -0.39 is 17.7 Å². The molecule has 2 amide bonds. The Morgan fingerprint density at radius 3 is 2.54 bits per heavy atom. The predicted octanol–water partition coefficient (Wildman–Crippen LogP) is 2.96. The van der Waals surface area contributed by atoms with Gasteiger partial charge in [-0.05, 0) is 38.7 Å². The van der Waals surface area contributed by atoms with Gasteiger partial charge in [0.25, 0.3) is 5.56 Å². The fourth-order valence-corrected chi connectivity index (χ4v) is 3.66. The average molecular weight is 483 g/mol. The van der Waals surface area contributed by atoms with Crippen molar-refractivity contribution < 1.29 is 14.3 Å². The highest BCUT2D eigenvalue weighted by Crippen LogP contribution is 2.23. The lowest BCUT2D eigenvalue weighted by molar-refractivity contribution is -0.124. The molecular weight excluding hydrogens is 448 g/mol. The highest BCUT2D eigenvalue weighted by atomic mass is 16.6. The van der Waals surface area contributed by atoms with E-state index in [4.69, 9.17) is 10.1 Å². The number of ether oxygens (including phenoxy) is 1. The number of nitrogens with one attached hydrogen (secondary N) is 4. The zero-order valence-electron chi connectivity index (χ0n) is 20.9. The van der Waals surface area contributed by atoms with E-state index >= 15 is 0 Å². The van der Waals surface area contributed by atoms with Crippen LogP contribution in [0.3, 0.4) is 0 Å². The van der Waals surface area contributed by atoms with Crippen molar-refractivity contribution in [1.29, 1.82) is 5.41 Å². The second kappa shape index (κ2) is 10.7. The Labute approximate surface area is 205 Å². The third-order valence-corrected chi connectivity index (χ3v) is 5.36. The standard InChI is InChI=1S/C25H34N6O4/c1-15(2)12-27-18-14-28-20-11-10-19(31(20)23(18)33)22(32)29-13-16-6-8-17(9-7-16)21(26)30-24(34)35-25(3,4)5/h6-9,14-15,19,27H,10-13H2,1-5H3,(H,29,32)(H2,26,30,34). The number of alkyl carbamates (subject to hydrolysis) is 1. The van der Waals surface area contributed by atoms with Gasteiger partial charge in [-0.15, -0.1) is 0 Å². The highest BCUT2D eigenvalue weighted by molar-refractivity contribution is 6.04. The van der Waals surface area contributed by atoms with E-state index in [1.54, 1.807) is 51.2 Å². The molecule has 1 aromatic heterocycles. The summed E-state index contributed by atoms with van der Waals surface area (Å²) >= 11 is 0. The van der Waals surface area contributed by atoms with Crippen LogP contribution in [0.25, 0.3) is 0 Å². The number of benzene rings is 1. The van der Waals surface area contributed by atoms with E-state index in [9.17, 15) is 14.4 Å². The maximum atomic E-state index is 12.9. The molecule has 0 saturated carbocycles. The number of carbonyl (C=O) groups is 2. The summed E-state index contributed by atoms with van der Waals surface area (Å²) in [5.41, 5.74) is 0.853. The summed E-state index contributed by atoms with van der Waals surface area (Å²) in [6, 6.07) is 6.31. The van der Waals surface area contributed by atoms with Crippen molar-refractivity contribution >= 4 is 23.5 Å². The van der Waals surface area contributed by atoms with Crippen molar-refractivity contribution in [3.8, 4) is 0 Å². The van der Waals surface area contributed by atoms with Crippen LogP contribution in [-0.2, 0) is 22.5 Å². The van der Waals surface area contributed by atoms with E-state index in [-0.39, 0.29) is 23.8 Å². The van der Waals surface area contributed by atoms with Crippen LogP contribution in [0.4, 0.5) is 10.5 Å². The van der Waals surface area contributed by atoms with Crippen molar-refractivity contribution in [2.24, 2.45) is 5.92 Å². The summed E-state index contributed by atoms with van der Waals surface area (Å²) in [4.78, 5) is 42.1. The van der Waals surface area contributed by atoms with Gasteiger partial charge in [-0.25, -0.2) is 9.78 Å². The first-order chi connectivity index (χ1) is 16.4. The summed E-state index contributed by atoms with van der Waals surface area (Å²) in [6.07, 6.45) is 1.95. The smallest absolute Gasteiger partial charge is 0.413 e. The molecule has 1 atom stereocenters. The minimum atomic E-state index is -0.692. The van der Waals surface area contributed by atoms with Crippen molar-refractivity contribution in [3.63, 3.8) is 0 Å². The van der Waals surface area contributed by atoms with E-state index in [1.165, 1.54) is 4.57 Å². The molecule has 0 fully saturated rings. The third kappa shape index (κ3) is 6.91.